The topological polar surface area (TPSA) is 12.0 Å². The Morgan fingerprint density at radius 1 is 0.895 bits per heavy atom. The summed E-state index contributed by atoms with van der Waals surface area (Å²) in [5.41, 5.74) is 4.91. The van der Waals surface area contributed by atoms with Crippen LogP contribution < -0.4 is 5.32 Å². The Morgan fingerprint density at radius 3 is 2.26 bits per heavy atom. The second kappa shape index (κ2) is 6.42. The zero-order valence-electron chi connectivity index (χ0n) is 10.7. The van der Waals surface area contributed by atoms with Crippen LogP contribution in [0.25, 0.3) is 0 Å². The maximum atomic E-state index is 3.62. The van der Waals surface area contributed by atoms with Crippen LogP contribution in [0.3, 0.4) is 0 Å². The first-order valence-electron chi connectivity index (χ1n) is 5.92. The molecule has 1 nitrogen and oxygen atoms in total. The fraction of sp³-hybridized carbons (Fsp3) is 0.200. The number of hydrogen-bond acceptors (Lipinski definition) is 1. The molecule has 0 aromatic heterocycles. The Morgan fingerprint density at radius 2 is 1.63 bits per heavy atom. The highest BCUT2D eigenvalue weighted by Gasteiger charge is 2.05. The highest BCUT2D eigenvalue weighted by Crippen LogP contribution is 2.29. The molecule has 0 radical (unpaired) electrons. The molecule has 4 heteroatoms. The molecule has 0 atom stereocenters. The Balaban J connectivity index is 2.16. The first kappa shape index (κ1) is 15.1. The van der Waals surface area contributed by atoms with Crippen molar-refractivity contribution in [2.24, 2.45) is 0 Å². The molecule has 19 heavy (non-hydrogen) atoms. The third kappa shape index (κ3) is 3.83. The van der Waals surface area contributed by atoms with E-state index in [4.69, 9.17) is 0 Å². The minimum atomic E-state index is 0.800. The van der Waals surface area contributed by atoms with Gasteiger partial charge in [0.2, 0.25) is 0 Å². The summed E-state index contributed by atoms with van der Waals surface area (Å²) in [7, 11) is 0. The molecule has 2 aromatic rings. The second-order valence-corrected chi connectivity index (χ2v) is 7.10. The number of halogens is 3. The summed E-state index contributed by atoms with van der Waals surface area (Å²) < 4.78 is 3.26. The number of rotatable bonds is 3. The molecule has 0 amide bonds. The van der Waals surface area contributed by atoms with Crippen molar-refractivity contribution in [1.29, 1.82) is 0 Å². The third-order valence-electron chi connectivity index (χ3n) is 2.89. The summed E-state index contributed by atoms with van der Waals surface area (Å²) in [5, 5.41) is 3.49. The van der Waals surface area contributed by atoms with Gasteiger partial charge in [0.05, 0.1) is 5.69 Å². The van der Waals surface area contributed by atoms with Crippen molar-refractivity contribution >= 4 is 53.5 Å². The molecule has 1 N–H and O–H groups in total. The van der Waals surface area contributed by atoms with Gasteiger partial charge < -0.3 is 5.32 Å². The molecule has 0 spiro atoms. The highest BCUT2D eigenvalue weighted by atomic mass is 79.9. The van der Waals surface area contributed by atoms with Gasteiger partial charge in [-0.3, -0.25) is 0 Å². The summed E-state index contributed by atoms with van der Waals surface area (Å²) >= 11 is 10.6. The van der Waals surface area contributed by atoms with Crippen molar-refractivity contribution in [3.05, 3.63) is 60.4 Å². The van der Waals surface area contributed by atoms with Gasteiger partial charge in [-0.25, -0.2) is 0 Å². The van der Waals surface area contributed by atoms with Crippen molar-refractivity contribution in [2.75, 3.05) is 5.32 Å². The summed E-state index contributed by atoms with van der Waals surface area (Å²) in [6.45, 7) is 5.03. The minimum absolute atomic E-state index is 0.800. The summed E-state index contributed by atoms with van der Waals surface area (Å²) in [6.07, 6.45) is 0. The standard InChI is InChI=1S/C15H14Br3N/c1-9-5-10(2)15(14(18)6-9)19-8-11-3-4-12(16)13(17)7-11/h3-7,19H,8H2,1-2H3. The molecular formula is C15H14Br3N. The number of anilines is 1. The Bertz CT molecular complexity index is 585. The summed E-state index contributed by atoms with van der Waals surface area (Å²) in [4.78, 5) is 0. The fourth-order valence-corrected chi connectivity index (χ4v) is 3.47. The van der Waals surface area contributed by atoms with Crippen LogP contribution in [0, 0.1) is 13.8 Å². The lowest BCUT2D eigenvalue weighted by Gasteiger charge is -2.13. The van der Waals surface area contributed by atoms with Gasteiger partial charge in [-0.15, -0.1) is 0 Å². The lowest BCUT2D eigenvalue weighted by Crippen LogP contribution is -2.02. The summed E-state index contributed by atoms with van der Waals surface area (Å²) in [5.74, 6) is 0. The van der Waals surface area contributed by atoms with Crippen LogP contribution in [0.1, 0.15) is 16.7 Å². The molecule has 2 rings (SSSR count). The lowest BCUT2D eigenvalue weighted by atomic mass is 10.1. The van der Waals surface area contributed by atoms with Gasteiger partial charge in [0.15, 0.2) is 0 Å². The average Bonchev–Trinajstić information content (AvgIpc) is 2.32. The molecule has 0 saturated carbocycles. The van der Waals surface area contributed by atoms with Crippen LogP contribution >= 0.6 is 47.8 Å². The van der Waals surface area contributed by atoms with Gasteiger partial charge in [0, 0.05) is 20.0 Å². The molecule has 0 fully saturated rings. The maximum absolute atomic E-state index is 3.62. The molecule has 100 valence electrons. The van der Waals surface area contributed by atoms with Crippen LogP contribution in [0.5, 0.6) is 0 Å². The van der Waals surface area contributed by atoms with Gasteiger partial charge in [-0.2, -0.15) is 0 Å². The van der Waals surface area contributed by atoms with Crippen molar-refractivity contribution in [2.45, 2.75) is 20.4 Å². The van der Waals surface area contributed by atoms with Gasteiger partial charge >= 0.3 is 0 Å². The van der Waals surface area contributed by atoms with Crippen LogP contribution in [0.4, 0.5) is 5.69 Å². The Labute approximate surface area is 139 Å². The molecule has 0 aliphatic heterocycles. The SMILES string of the molecule is Cc1cc(C)c(NCc2ccc(Br)c(Br)c2)c(Br)c1. The Kier molecular flexibility index (Phi) is 5.09. The van der Waals surface area contributed by atoms with Crippen LogP contribution in [0.2, 0.25) is 0 Å². The van der Waals surface area contributed by atoms with E-state index >= 15 is 0 Å². The van der Waals surface area contributed by atoms with Gasteiger partial charge in [-0.1, -0.05) is 12.1 Å². The monoisotopic (exact) mass is 445 g/mol. The molecule has 0 aliphatic rings. The number of benzene rings is 2. The number of hydrogen-bond donors (Lipinski definition) is 1. The van der Waals surface area contributed by atoms with E-state index in [0.717, 1.165) is 25.7 Å². The summed E-state index contributed by atoms with van der Waals surface area (Å²) in [6, 6.07) is 10.6. The maximum Gasteiger partial charge on any atom is 0.0517 e. The first-order valence-corrected chi connectivity index (χ1v) is 8.30. The van der Waals surface area contributed by atoms with E-state index in [1.54, 1.807) is 0 Å². The molecule has 0 aliphatic carbocycles. The fourth-order valence-electron chi connectivity index (χ4n) is 1.98. The van der Waals surface area contributed by atoms with Crippen molar-refractivity contribution in [3.63, 3.8) is 0 Å². The van der Waals surface area contributed by atoms with E-state index in [1.807, 2.05) is 0 Å². The minimum Gasteiger partial charge on any atom is -0.380 e. The smallest absolute Gasteiger partial charge is 0.0517 e. The zero-order chi connectivity index (χ0) is 14.0. The molecule has 0 heterocycles. The van der Waals surface area contributed by atoms with Crippen molar-refractivity contribution < 1.29 is 0 Å². The zero-order valence-corrected chi connectivity index (χ0v) is 15.5. The van der Waals surface area contributed by atoms with Crippen LogP contribution in [0.15, 0.2) is 43.7 Å². The Hall–Kier alpha value is -0.320. The van der Waals surface area contributed by atoms with Crippen molar-refractivity contribution in [3.8, 4) is 0 Å². The third-order valence-corrected chi connectivity index (χ3v) is 5.39. The van der Waals surface area contributed by atoms with Crippen LogP contribution in [-0.4, -0.2) is 0 Å². The average molecular weight is 448 g/mol. The molecule has 2 aromatic carbocycles. The molecular weight excluding hydrogens is 434 g/mol. The molecule has 0 saturated heterocycles. The van der Waals surface area contributed by atoms with E-state index in [0.29, 0.717) is 0 Å². The number of nitrogens with one attached hydrogen (secondary N) is 1. The van der Waals surface area contributed by atoms with Gasteiger partial charge in [0.1, 0.15) is 0 Å². The predicted octanol–water partition coefficient (Wildman–Crippen LogP) is 6.20. The van der Waals surface area contributed by atoms with E-state index in [-0.39, 0.29) is 0 Å². The van der Waals surface area contributed by atoms with E-state index in [9.17, 15) is 0 Å². The van der Waals surface area contributed by atoms with Gasteiger partial charge in [0.25, 0.3) is 0 Å². The second-order valence-electron chi connectivity index (χ2n) is 4.54. The first-order chi connectivity index (χ1) is 8.97. The van der Waals surface area contributed by atoms with E-state index in [1.165, 1.54) is 16.7 Å². The predicted molar refractivity (Wildman–Crippen MR) is 92.8 cm³/mol. The largest absolute Gasteiger partial charge is 0.380 e. The van der Waals surface area contributed by atoms with Crippen molar-refractivity contribution in [1.82, 2.24) is 0 Å². The normalized spacial score (nSPS) is 10.6. The quantitative estimate of drug-likeness (QED) is 0.590. The molecule has 0 unspecified atom stereocenters. The van der Waals surface area contributed by atoms with Crippen LogP contribution in [-0.2, 0) is 6.54 Å². The molecule has 0 bridgehead atoms. The highest BCUT2D eigenvalue weighted by molar-refractivity contribution is 9.13. The van der Waals surface area contributed by atoms with E-state index < -0.39 is 0 Å². The lowest BCUT2D eigenvalue weighted by molar-refractivity contribution is 1.13. The number of aryl methyl sites for hydroxylation is 2. The van der Waals surface area contributed by atoms with E-state index in [2.05, 4.69) is 97.3 Å². The van der Waals surface area contributed by atoms with Gasteiger partial charge in [-0.05, 0) is 96.5 Å².